The van der Waals surface area contributed by atoms with Gasteiger partial charge < -0.3 is 25.0 Å². The molecule has 0 bridgehead atoms. The largest absolute Gasteiger partial charge is 0.494 e. The van der Waals surface area contributed by atoms with Crippen LogP contribution in [0.1, 0.15) is 30.4 Å². The van der Waals surface area contributed by atoms with Gasteiger partial charge in [-0.2, -0.15) is 4.98 Å². The zero-order valence-electron chi connectivity index (χ0n) is 15.2. The van der Waals surface area contributed by atoms with E-state index < -0.39 is 47.8 Å². The molecule has 2 unspecified atom stereocenters. The number of benzene rings is 1. The van der Waals surface area contributed by atoms with Gasteiger partial charge in [-0.1, -0.05) is 0 Å². The second kappa shape index (κ2) is 8.05. The van der Waals surface area contributed by atoms with Gasteiger partial charge in [0.25, 0.3) is 5.91 Å². The summed E-state index contributed by atoms with van der Waals surface area (Å²) in [6.07, 6.45) is -3.90. The van der Waals surface area contributed by atoms with Crippen molar-refractivity contribution in [3.63, 3.8) is 0 Å². The SMILES string of the molecule is CCOc1ccc(C(=O)Nc2nc(=O)n([C@@H]3O[C@H](C)C(O)C3O)cc2F)cc1. The van der Waals surface area contributed by atoms with Crippen molar-refractivity contribution in [2.45, 2.75) is 38.4 Å². The maximum Gasteiger partial charge on any atom is 0.351 e. The van der Waals surface area contributed by atoms with Crippen LogP contribution >= 0.6 is 0 Å². The van der Waals surface area contributed by atoms with Crippen LogP contribution in [0.25, 0.3) is 0 Å². The predicted molar refractivity (Wildman–Crippen MR) is 95.6 cm³/mol. The Morgan fingerprint density at radius 3 is 2.57 bits per heavy atom. The van der Waals surface area contributed by atoms with E-state index in [0.717, 1.165) is 10.8 Å². The summed E-state index contributed by atoms with van der Waals surface area (Å²) in [6.45, 7) is 3.81. The molecule has 3 N–H and O–H groups in total. The van der Waals surface area contributed by atoms with E-state index in [1.54, 1.807) is 12.1 Å². The molecule has 0 saturated carbocycles. The van der Waals surface area contributed by atoms with Gasteiger partial charge in [-0.15, -0.1) is 0 Å². The van der Waals surface area contributed by atoms with Gasteiger partial charge in [0, 0.05) is 5.56 Å². The Hall–Kier alpha value is -2.82. The molecule has 1 fully saturated rings. The van der Waals surface area contributed by atoms with Crippen LogP contribution in [0.4, 0.5) is 10.2 Å². The number of aromatic nitrogens is 2. The van der Waals surface area contributed by atoms with Crippen molar-refractivity contribution in [2.75, 3.05) is 11.9 Å². The highest BCUT2D eigenvalue weighted by atomic mass is 19.1. The van der Waals surface area contributed by atoms with E-state index >= 15 is 0 Å². The Bertz CT molecular complexity index is 917. The minimum absolute atomic E-state index is 0.223. The monoisotopic (exact) mass is 393 g/mol. The number of ether oxygens (including phenoxy) is 2. The molecule has 1 aromatic carbocycles. The van der Waals surface area contributed by atoms with E-state index in [2.05, 4.69) is 10.3 Å². The lowest BCUT2D eigenvalue weighted by atomic mass is 10.1. The van der Waals surface area contributed by atoms with Gasteiger partial charge in [0.1, 0.15) is 18.0 Å². The highest BCUT2D eigenvalue weighted by Crippen LogP contribution is 2.28. The molecule has 1 aliphatic rings. The summed E-state index contributed by atoms with van der Waals surface area (Å²) < 4.78 is 25.7. The first kappa shape index (κ1) is 19.9. The summed E-state index contributed by atoms with van der Waals surface area (Å²) in [5.41, 5.74) is -0.728. The third kappa shape index (κ3) is 3.88. The number of aliphatic hydroxyl groups excluding tert-OH is 2. The summed E-state index contributed by atoms with van der Waals surface area (Å²) >= 11 is 0. The standard InChI is InChI=1S/C18H20FN3O6/c1-3-27-11-6-4-10(5-7-11)16(25)20-15-12(19)8-22(18(26)21-15)17-14(24)13(23)9(2)28-17/h4-9,13-14,17,23-24H,3H2,1-2H3,(H,20,21,25,26)/t9-,13?,14?,17-/m1/s1. The number of nitrogens with zero attached hydrogens (tertiary/aromatic N) is 2. The normalized spacial score (nSPS) is 24.2. The van der Waals surface area contributed by atoms with Crippen molar-refractivity contribution in [2.24, 2.45) is 0 Å². The summed E-state index contributed by atoms with van der Waals surface area (Å²) in [7, 11) is 0. The first-order chi connectivity index (χ1) is 13.3. The van der Waals surface area contributed by atoms with E-state index in [4.69, 9.17) is 9.47 Å². The van der Waals surface area contributed by atoms with Crippen molar-refractivity contribution in [3.05, 3.63) is 52.3 Å². The number of anilines is 1. The van der Waals surface area contributed by atoms with Gasteiger partial charge in [-0.25, -0.2) is 9.18 Å². The van der Waals surface area contributed by atoms with Crippen LogP contribution in [0.2, 0.25) is 0 Å². The van der Waals surface area contributed by atoms with Crippen LogP contribution in [-0.2, 0) is 4.74 Å². The number of rotatable bonds is 5. The molecule has 1 saturated heterocycles. The van der Waals surface area contributed by atoms with E-state index in [0.29, 0.717) is 12.4 Å². The van der Waals surface area contributed by atoms with Crippen LogP contribution in [-0.4, -0.2) is 50.6 Å². The fraction of sp³-hybridized carbons (Fsp3) is 0.389. The third-order valence-corrected chi connectivity index (χ3v) is 4.32. The zero-order valence-corrected chi connectivity index (χ0v) is 15.2. The molecule has 0 radical (unpaired) electrons. The van der Waals surface area contributed by atoms with Gasteiger partial charge in [0.15, 0.2) is 17.9 Å². The Morgan fingerprint density at radius 2 is 2.00 bits per heavy atom. The van der Waals surface area contributed by atoms with Crippen molar-refractivity contribution >= 4 is 11.7 Å². The molecule has 10 heteroatoms. The second-order valence-corrected chi connectivity index (χ2v) is 6.25. The summed E-state index contributed by atoms with van der Waals surface area (Å²) in [4.78, 5) is 28.0. The van der Waals surface area contributed by atoms with Gasteiger partial charge in [0.05, 0.1) is 18.9 Å². The van der Waals surface area contributed by atoms with E-state index in [-0.39, 0.29) is 5.56 Å². The maximum absolute atomic E-state index is 14.4. The second-order valence-electron chi connectivity index (χ2n) is 6.25. The van der Waals surface area contributed by atoms with Gasteiger partial charge in [0.2, 0.25) is 0 Å². The van der Waals surface area contributed by atoms with Crippen molar-refractivity contribution in [3.8, 4) is 5.75 Å². The summed E-state index contributed by atoms with van der Waals surface area (Å²) in [5.74, 6) is -1.63. The Labute approximate surface area is 159 Å². The zero-order chi connectivity index (χ0) is 20.4. The van der Waals surface area contributed by atoms with Gasteiger partial charge >= 0.3 is 5.69 Å². The molecule has 2 heterocycles. The predicted octanol–water partition coefficient (Wildman–Crippen LogP) is 0.672. The van der Waals surface area contributed by atoms with Crippen LogP contribution in [0.3, 0.4) is 0 Å². The highest BCUT2D eigenvalue weighted by Gasteiger charge is 2.42. The molecule has 9 nitrogen and oxygen atoms in total. The van der Waals surface area contributed by atoms with Crippen molar-refractivity contribution in [1.29, 1.82) is 0 Å². The topological polar surface area (TPSA) is 123 Å². The minimum atomic E-state index is -1.42. The van der Waals surface area contributed by atoms with Crippen molar-refractivity contribution in [1.82, 2.24) is 9.55 Å². The molecular weight excluding hydrogens is 373 g/mol. The first-order valence-electron chi connectivity index (χ1n) is 8.66. The smallest absolute Gasteiger partial charge is 0.351 e. The molecule has 1 aliphatic heterocycles. The lowest BCUT2D eigenvalue weighted by Gasteiger charge is -2.17. The minimum Gasteiger partial charge on any atom is -0.494 e. The fourth-order valence-electron chi connectivity index (χ4n) is 2.82. The van der Waals surface area contributed by atoms with Crippen LogP contribution in [0.15, 0.2) is 35.3 Å². The lowest BCUT2D eigenvalue weighted by Crippen LogP contribution is -2.36. The lowest BCUT2D eigenvalue weighted by molar-refractivity contribution is -0.0355. The molecule has 28 heavy (non-hydrogen) atoms. The molecule has 150 valence electrons. The molecule has 4 atom stereocenters. The van der Waals surface area contributed by atoms with Crippen molar-refractivity contribution < 1.29 is 28.9 Å². The number of halogens is 1. The van der Waals surface area contributed by atoms with E-state index in [9.17, 15) is 24.2 Å². The third-order valence-electron chi connectivity index (χ3n) is 4.32. The van der Waals surface area contributed by atoms with E-state index in [1.807, 2.05) is 6.92 Å². The van der Waals surface area contributed by atoms with Crippen LogP contribution < -0.4 is 15.7 Å². The fourth-order valence-corrected chi connectivity index (χ4v) is 2.82. The molecular formula is C18H20FN3O6. The highest BCUT2D eigenvalue weighted by molar-refractivity contribution is 6.03. The average Bonchev–Trinajstić information content (AvgIpc) is 2.92. The van der Waals surface area contributed by atoms with Gasteiger partial charge in [-0.3, -0.25) is 9.36 Å². The number of amides is 1. The first-order valence-corrected chi connectivity index (χ1v) is 8.66. The maximum atomic E-state index is 14.4. The number of hydrogen-bond donors (Lipinski definition) is 3. The molecule has 0 aliphatic carbocycles. The number of carbonyl (C=O) groups is 1. The Kier molecular flexibility index (Phi) is 5.73. The molecule has 1 aromatic heterocycles. The molecule has 2 aromatic rings. The molecule has 1 amide bonds. The Balaban J connectivity index is 1.79. The van der Waals surface area contributed by atoms with E-state index in [1.165, 1.54) is 19.1 Å². The van der Waals surface area contributed by atoms with Crippen LogP contribution in [0, 0.1) is 5.82 Å². The number of aliphatic hydroxyl groups is 2. The Morgan fingerprint density at radius 1 is 1.32 bits per heavy atom. The van der Waals surface area contributed by atoms with Gasteiger partial charge in [-0.05, 0) is 38.1 Å². The number of hydrogen-bond acceptors (Lipinski definition) is 7. The molecule has 3 rings (SSSR count). The number of carbonyl (C=O) groups excluding carboxylic acids is 1. The summed E-state index contributed by atoms with van der Waals surface area (Å²) in [5, 5.41) is 21.9. The number of nitrogens with one attached hydrogen (secondary N) is 1. The quantitative estimate of drug-likeness (QED) is 0.682. The molecule has 0 spiro atoms. The average molecular weight is 393 g/mol. The summed E-state index contributed by atoms with van der Waals surface area (Å²) in [6, 6.07) is 6.16. The van der Waals surface area contributed by atoms with Crippen LogP contribution in [0.5, 0.6) is 5.75 Å².